The topological polar surface area (TPSA) is 66.7 Å². The number of nitrogens with one attached hydrogen (secondary N) is 2. The molecule has 0 unspecified atom stereocenters. The van der Waals surface area contributed by atoms with Gasteiger partial charge >= 0.3 is 0 Å². The Morgan fingerprint density at radius 2 is 1.81 bits per heavy atom. The number of benzene rings is 1. The van der Waals surface area contributed by atoms with Crippen LogP contribution in [0.25, 0.3) is 0 Å². The SMILES string of the molecule is CN=C(NCCCOC1CCN(Cc2ccccc2)CC1)NCCCn1nc(C)cc1C. The summed E-state index contributed by atoms with van der Waals surface area (Å²) in [7, 11) is 1.82. The van der Waals surface area contributed by atoms with Crippen molar-refractivity contribution >= 4 is 5.96 Å². The van der Waals surface area contributed by atoms with E-state index in [2.05, 4.69) is 73.6 Å². The van der Waals surface area contributed by atoms with Gasteiger partial charge in [0.1, 0.15) is 0 Å². The molecule has 32 heavy (non-hydrogen) atoms. The third-order valence-electron chi connectivity index (χ3n) is 5.92. The molecule has 1 saturated heterocycles. The van der Waals surface area contributed by atoms with Gasteiger partial charge in [-0.3, -0.25) is 14.6 Å². The number of nitrogens with zero attached hydrogens (tertiary/aromatic N) is 4. The zero-order valence-corrected chi connectivity index (χ0v) is 20.0. The van der Waals surface area contributed by atoms with Crippen LogP contribution in [0.15, 0.2) is 41.4 Å². The van der Waals surface area contributed by atoms with Crippen LogP contribution in [0.1, 0.15) is 42.6 Å². The van der Waals surface area contributed by atoms with E-state index in [-0.39, 0.29) is 0 Å². The lowest BCUT2D eigenvalue weighted by Gasteiger charge is -2.32. The third kappa shape index (κ3) is 8.28. The molecule has 3 rings (SSSR count). The Balaban J connectivity index is 1.20. The average molecular weight is 441 g/mol. The predicted octanol–water partition coefficient (Wildman–Crippen LogP) is 3.13. The second-order valence-electron chi connectivity index (χ2n) is 8.62. The van der Waals surface area contributed by atoms with Gasteiger partial charge in [-0.05, 0) is 51.2 Å². The summed E-state index contributed by atoms with van der Waals surface area (Å²) < 4.78 is 8.19. The first-order valence-corrected chi connectivity index (χ1v) is 12.0. The molecular formula is C25H40N6O. The van der Waals surface area contributed by atoms with Crippen molar-refractivity contribution < 1.29 is 4.74 Å². The lowest BCUT2D eigenvalue weighted by Crippen LogP contribution is -2.39. The zero-order chi connectivity index (χ0) is 22.6. The molecule has 7 nitrogen and oxygen atoms in total. The summed E-state index contributed by atoms with van der Waals surface area (Å²) >= 11 is 0. The number of likely N-dealkylation sites (tertiary alicyclic amines) is 1. The first kappa shape index (κ1) is 24.3. The van der Waals surface area contributed by atoms with E-state index in [0.717, 1.165) is 83.2 Å². The quantitative estimate of drug-likeness (QED) is 0.319. The maximum absolute atomic E-state index is 6.12. The van der Waals surface area contributed by atoms with Gasteiger partial charge in [-0.2, -0.15) is 5.10 Å². The van der Waals surface area contributed by atoms with Crippen LogP contribution < -0.4 is 10.6 Å². The van der Waals surface area contributed by atoms with Crippen molar-refractivity contribution in [2.45, 2.75) is 58.7 Å². The van der Waals surface area contributed by atoms with E-state index in [4.69, 9.17) is 4.74 Å². The number of hydrogen-bond acceptors (Lipinski definition) is 4. The zero-order valence-electron chi connectivity index (χ0n) is 20.0. The minimum Gasteiger partial charge on any atom is -0.378 e. The molecule has 0 amide bonds. The minimum atomic E-state index is 0.397. The molecule has 0 spiro atoms. The first-order valence-electron chi connectivity index (χ1n) is 12.0. The van der Waals surface area contributed by atoms with Crippen molar-refractivity contribution in [2.24, 2.45) is 4.99 Å². The molecular weight excluding hydrogens is 400 g/mol. The average Bonchev–Trinajstić information content (AvgIpc) is 3.13. The Bertz CT molecular complexity index is 811. The number of aryl methyl sites for hydroxylation is 3. The summed E-state index contributed by atoms with van der Waals surface area (Å²) in [5.74, 6) is 0.854. The molecule has 0 aliphatic carbocycles. The normalized spacial score (nSPS) is 15.8. The Morgan fingerprint density at radius 3 is 2.47 bits per heavy atom. The van der Waals surface area contributed by atoms with Gasteiger partial charge in [0.15, 0.2) is 5.96 Å². The van der Waals surface area contributed by atoms with E-state index in [9.17, 15) is 0 Å². The van der Waals surface area contributed by atoms with Crippen molar-refractivity contribution in [2.75, 3.05) is 39.8 Å². The second-order valence-corrected chi connectivity index (χ2v) is 8.62. The molecule has 176 valence electrons. The highest BCUT2D eigenvalue weighted by Crippen LogP contribution is 2.16. The van der Waals surface area contributed by atoms with Gasteiger partial charge in [-0.25, -0.2) is 0 Å². The van der Waals surface area contributed by atoms with Crippen LogP contribution in [-0.2, 0) is 17.8 Å². The molecule has 0 bridgehead atoms. The van der Waals surface area contributed by atoms with Crippen LogP contribution >= 0.6 is 0 Å². The Kier molecular flexibility index (Phi) is 10.0. The summed E-state index contributed by atoms with van der Waals surface area (Å²) in [6.07, 6.45) is 4.64. The van der Waals surface area contributed by atoms with E-state index in [0.29, 0.717) is 6.10 Å². The molecule has 2 aromatic rings. The Morgan fingerprint density at radius 1 is 1.09 bits per heavy atom. The molecule has 1 fully saturated rings. The van der Waals surface area contributed by atoms with Crippen LogP contribution in [0.2, 0.25) is 0 Å². The van der Waals surface area contributed by atoms with E-state index < -0.39 is 0 Å². The molecule has 1 aromatic carbocycles. The molecule has 1 aliphatic heterocycles. The summed E-state index contributed by atoms with van der Waals surface area (Å²) in [5.41, 5.74) is 3.69. The first-order chi connectivity index (χ1) is 15.6. The van der Waals surface area contributed by atoms with E-state index in [1.807, 2.05) is 14.0 Å². The summed E-state index contributed by atoms with van der Waals surface area (Å²) in [4.78, 5) is 6.84. The molecule has 0 radical (unpaired) electrons. The molecule has 0 atom stereocenters. The number of aliphatic imine (C=N–C) groups is 1. The van der Waals surface area contributed by atoms with Gasteiger partial charge in [0, 0.05) is 58.6 Å². The van der Waals surface area contributed by atoms with Crippen molar-refractivity contribution in [3.63, 3.8) is 0 Å². The molecule has 2 heterocycles. The highest BCUT2D eigenvalue weighted by molar-refractivity contribution is 5.79. The Labute approximate surface area is 193 Å². The van der Waals surface area contributed by atoms with Crippen molar-refractivity contribution in [1.29, 1.82) is 0 Å². The van der Waals surface area contributed by atoms with E-state index in [1.54, 1.807) is 0 Å². The predicted molar refractivity (Wildman–Crippen MR) is 131 cm³/mol. The molecule has 1 aromatic heterocycles. The van der Waals surface area contributed by atoms with Crippen LogP contribution in [0.3, 0.4) is 0 Å². The van der Waals surface area contributed by atoms with Crippen molar-refractivity contribution in [1.82, 2.24) is 25.3 Å². The smallest absolute Gasteiger partial charge is 0.190 e. The number of piperidine rings is 1. The molecule has 2 N–H and O–H groups in total. The van der Waals surface area contributed by atoms with Gasteiger partial charge in [-0.1, -0.05) is 30.3 Å². The van der Waals surface area contributed by atoms with Crippen LogP contribution in [0.5, 0.6) is 0 Å². The number of rotatable bonds is 11. The molecule has 0 saturated carbocycles. The number of guanidine groups is 1. The van der Waals surface area contributed by atoms with Gasteiger partial charge in [0.05, 0.1) is 11.8 Å². The highest BCUT2D eigenvalue weighted by Gasteiger charge is 2.19. The fraction of sp³-hybridized carbons (Fsp3) is 0.600. The number of hydrogen-bond donors (Lipinski definition) is 2. The van der Waals surface area contributed by atoms with Crippen molar-refractivity contribution in [3.05, 3.63) is 53.3 Å². The molecule has 7 heteroatoms. The third-order valence-corrected chi connectivity index (χ3v) is 5.92. The maximum atomic E-state index is 6.12. The standard InChI is InChI=1S/C25H40N6O/c1-21-19-22(2)31(29-21)15-7-13-27-25(26-3)28-14-8-18-32-24-11-16-30(17-12-24)20-23-9-5-4-6-10-23/h4-6,9-10,19,24H,7-8,11-18,20H2,1-3H3,(H2,26,27,28). The summed E-state index contributed by atoms with van der Waals surface area (Å²) in [6, 6.07) is 12.8. The van der Waals surface area contributed by atoms with Crippen LogP contribution in [-0.4, -0.2) is 66.6 Å². The monoisotopic (exact) mass is 440 g/mol. The fourth-order valence-corrected chi connectivity index (χ4v) is 4.16. The number of aromatic nitrogens is 2. The Hall–Kier alpha value is -2.38. The minimum absolute atomic E-state index is 0.397. The van der Waals surface area contributed by atoms with Gasteiger partial charge in [0.25, 0.3) is 0 Å². The lowest BCUT2D eigenvalue weighted by molar-refractivity contribution is 0.00534. The largest absolute Gasteiger partial charge is 0.378 e. The van der Waals surface area contributed by atoms with Gasteiger partial charge in [-0.15, -0.1) is 0 Å². The van der Waals surface area contributed by atoms with Gasteiger partial charge < -0.3 is 15.4 Å². The number of ether oxygens (including phenoxy) is 1. The van der Waals surface area contributed by atoms with Crippen LogP contribution in [0, 0.1) is 13.8 Å². The fourth-order valence-electron chi connectivity index (χ4n) is 4.16. The summed E-state index contributed by atoms with van der Waals surface area (Å²) in [5, 5.41) is 11.3. The van der Waals surface area contributed by atoms with Gasteiger partial charge in [0.2, 0.25) is 0 Å². The van der Waals surface area contributed by atoms with E-state index >= 15 is 0 Å². The van der Waals surface area contributed by atoms with E-state index in [1.165, 1.54) is 11.3 Å². The van der Waals surface area contributed by atoms with Crippen LogP contribution in [0.4, 0.5) is 0 Å². The van der Waals surface area contributed by atoms with Crippen molar-refractivity contribution in [3.8, 4) is 0 Å². The lowest BCUT2D eigenvalue weighted by atomic mass is 10.1. The highest BCUT2D eigenvalue weighted by atomic mass is 16.5. The maximum Gasteiger partial charge on any atom is 0.190 e. The summed E-state index contributed by atoms with van der Waals surface area (Å²) in [6.45, 7) is 10.9. The second kappa shape index (κ2) is 13.2. The molecule has 1 aliphatic rings.